The molecule has 0 radical (unpaired) electrons. The normalized spacial score (nSPS) is 12.4. The highest BCUT2D eigenvalue weighted by Gasteiger charge is 2.05. The Labute approximate surface area is 99.4 Å². The molecule has 0 saturated carbocycles. The van der Waals surface area contributed by atoms with Crippen LogP contribution >= 0.6 is 11.8 Å². The van der Waals surface area contributed by atoms with Gasteiger partial charge in [-0.3, -0.25) is 0 Å². The van der Waals surface area contributed by atoms with Crippen molar-refractivity contribution in [1.82, 2.24) is 0 Å². The van der Waals surface area contributed by atoms with Crippen LogP contribution in [0.5, 0.6) is 5.75 Å². The van der Waals surface area contributed by atoms with Crippen LogP contribution in [0.25, 0.3) is 0 Å². The molecule has 0 fully saturated rings. The van der Waals surface area contributed by atoms with E-state index in [0.29, 0.717) is 22.9 Å². The van der Waals surface area contributed by atoms with Crippen molar-refractivity contribution in [1.29, 1.82) is 0 Å². The summed E-state index contributed by atoms with van der Waals surface area (Å²) in [4.78, 5) is 0. The summed E-state index contributed by atoms with van der Waals surface area (Å²) in [5.74, 6) is 1.90. The molecule has 1 unspecified atom stereocenters. The molecule has 1 atom stereocenters. The van der Waals surface area contributed by atoms with E-state index < -0.39 is 6.10 Å². The van der Waals surface area contributed by atoms with Crippen LogP contribution in [0.3, 0.4) is 0 Å². The lowest BCUT2D eigenvalue weighted by atomic mass is 10.3. The van der Waals surface area contributed by atoms with Gasteiger partial charge in [-0.2, -0.15) is 11.8 Å². The number of benzene rings is 1. The average molecular weight is 243 g/mol. The molecule has 90 valence electrons. The Kier molecular flexibility index (Phi) is 6.07. The first kappa shape index (κ1) is 13.2. The molecular weight excluding hydrogens is 226 g/mol. The summed E-state index contributed by atoms with van der Waals surface area (Å²) in [7, 11) is 0. The Morgan fingerprint density at radius 1 is 1.31 bits per heavy atom. The third kappa shape index (κ3) is 5.25. The third-order valence-corrected chi connectivity index (χ3v) is 2.96. The first-order chi connectivity index (χ1) is 7.72. The first-order valence-electron chi connectivity index (χ1n) is 5.07. The number of anilines is 1. The Bertz CT molecular complexity index is 292. The van der Waals surface area contributed by atoms with E-state index in [-0.39, 0.29) is 13.2 Å². The van der Waals surface area contributed by atoms with E-state index >= 15 is 0 Å². The number of ether oxygens (including phenoxy) is 1. The lowest BCUT2D eigenvalue weighted by molar-refractivity contribution is 0.126. The van der Waals surface area contributed by atoms with E-state index in [0.717, 1.165) is 0 Å². The minimum absolute atomic E-state index is 0.135. The van der Waals surface area contributed by atoms with E-state index in [2.05, 4.69) is 0 Å². The maximum absolute atomic E-state index is 9.54. The summed E-state index contributed by atoms with van der Waals surface area (Å²) in [6.45, 7) is 0.387. The van der Waals surface area contributed by atoms with E-state index in [1.807, 2.05) is 0 Å². The average Bonchev–Trinajstić information content (AvgIpc) is 2.29. The van der Waals surface area contributed by atoms with Gasteiger partial charge >= 0.3 is 0 Å². The maximum Gasteiger partial charge on any atom is 0.119 e. The molecule has 4 N–H and O–H groups in total. The molecule has 0 heterocycles. The molecule has 0 aromatic heterocycles. The van der Waals surface area contributed by atoms with Crippen LogP contribution in [0.2, 0.25) is 0 Å². The molecule has 5 heteroatoms. The first-order valence-corrected chi connectivity index (χ1v) is 6.23. The van der Waals surface area contributed by atoms with Crippen LogP contribution in [0.4, 0.5) is 5.69 Å². The number of thioether (sulfide) groups is 1. The number of hydrogen-bond donors (Lipinski definition) is 3. The second-order valence-electron chi connectivity index (χ2n) is 3.33. The van der Waals surface area contributed by atoms with Gasteiger partial charge in [-0.05, 0) is 24.3 Å². The molecule has 16 heavy (non-hydrogen) atoms. The Hall–Kier alpha value is -0.910. The summed E-state index contributed by atoms with van der Waals surface area (Å²) in [6.07, 6.45) is -0.519. The monoisotopic (exact) mass is 243 g/mol. The van der Waals surface area contributed by atoms with Gasteiger partial charge in [0.2, 0.25) is 0 Å². The second-order valence-corrected chi connectivity index (χ2v) is 4.48. The largest absolute Gasteiger partial charge is 0.491 e. The number of hydrogen-bond acceptors (Lipinski definition) is 5. The van der Waals surface area contributed by atoms with Crippen molar-refractivity contribution in [2.24, 2.45) is 0 Å². The van der Waals surface area contributed by atoms with Crippen LogP contribution in [0.1, 0.15) is 0 Å². The molecule has 1 aromatic rings. The van der Waals surface area contributed by atoms with Gasteiger partial charge in [0.25, 0.3) is 0 Å². The molecule has 1 aromatic carbocycles. The Morgan fingerprint density at radius 2 is 2.00 bits per heavy atom. The van der Waals surface area contributed by atoms with Crippen molar-refractivity contribution in [3.8, 4) is 5.75 Å². The van der Waals surface area contributed by atoms with Crippen LogP contribution in [-0.2, 0) is 0 Å². The summed E-state index contributed by atoms with van der Waals surface area (Å²) in [6, 6.07) is 7.04. The summed E-state index contributed by atoms with van der Waals surface area (Å²) < 4.78 is 5.37. The third-order valence-electron chi connectivity index (χ3n) is 1.87. The minimum Gasteiger partial charge on any atom is -0.491 e. The molecule has 0 aliphatic heterocycles. The van der Waals surface area contributed by atoms with Gasteiger partial charge in [-0.15, -0.1) is 0 Å². The highest BCUT2D eigenvalue weighted by molar-refractivity contribution is 7.99. The van der Waals surface area contributed by atoms with Gasteiger partial charge in [0.15, 0.2) is 0 Å². The summed E-state index contributed by atoms with van der Waals surface area (Å²) >= 11 is 1.50. The van der Waals surface area contributed by atoms with Crippen LogP contribution in [0, 0.1) is 0 Å². The summed E-state index contributed by atoms with van der Waals surface area (Å²) in [5, 5.41) is 18.1. The van der Waals surface area contributed by atoms with Gasteiger partial charge in [-0.25, -0.2) is 0 Å². The molecule has 0 saturated heterocycles. The van der Waals surface area contributed by atoms with Crippen LogP contribution < -0.4 is 10.5 Å². The highest BCUT2D eigenvalue weighted by Crippen LogP contribution is 2.13. The fourth-order valence-electron chi connectivity index (χ4n) is 1.09. The molecule has 1 rings (SSSR count). The molecular formula is C11H17NO3S. The predicted molar refractivity (Wildman–Crippen MR) is 66.8 cm³/mol. The molecule has 4 nitrogen and oxygen atoms in total. The second kappa shape index (κ2) is 7.38. The number of nitrogens with two attached hydrogens (primary N) is 1. The van der Waals surface area contributed by atoms with Crippen molar-refractivity contribution in [3.05, 3.63) is 24.3 Å². The zero-order chi connectivity index (χ0) is 11.8. The van der Waals surface area contributed by atoms with Crippen molar-refractivity contribution in [2.75, 3.05) is 30.5 Å². The van der Waals surface area contributed by atoms with Crippen molar-refractivity contribution >= 4 is 17.4 Å². The minimum atomic E-state index is -0.519. The Balaban J connectivity index is 2.20. The van der Waals surface area contributed by atoms with E-state index in [1.54, 1.807) is 24.3 Å². The SMILES string of the molecule is Nc1ccc(OCC(O)CSCCO)cc1. The van der Waals surface area contributed by atoms with E-state index in [9.17, 15) is 5.11 Å². The zero-order valence-corrected chi connectivity index (χ0v) is 9.82. The van der Waals surface area contributed by atoms with Gasteiger partial charge in [0.05, 0.1) is 12.7 Å². The lowest BCUT2D eigenvalue weighted by Crippen LogP contribution is -2.20. The quantitative estimate of drug-likeness (QED) is 0.486. The van der Waals surface area contributed by atoms with Crippen molar-refractivity contribution in [2.45, 2.75) is 6.10 Å². The number of nitrogen functional groups attached to an aromatic ring is 1. The van der Waals surface area contributed by atoms with Gasteiger partial charge < -0.3 is 20.7 Å². The topological polar surface area (TPSA) is 75.7 Å². The number of aliphatic hydroxyl groups excluding tert-OH is 2. The molecule has 0 bridgehead atoms. The molecule has 0 aliphatic carbocycles. The lowest BCUT2D eigenvalue weighted by Gasteiger charge is -2.11. The van der Waals surface area contributed by atoms with Crippen molar-refractivity contribution in [3.63, 3.8) is 0 Å². The number of rotatable bonds is 7. The van der Waals surface area contributed by atoms with Gasteiger partial charge in [0.1, 0.15) is 12.4 Å². The maximum atomic E-state index is 9.54. The highest BCUT2D eigenvalue weighted by atomic mass is 32.2. The fourth-order valence-corrected chi connectivity index (χ4v) is 1.75. The van der Waals surface area contributed by atoms with E-state index in [1.165, 1.54) is 11.8 Å². The standard InChI is InChI=1S/C11H17NO3S/c12-9-1-3-11(4-2-9)15-7-10(14)8-16-6-5-13/h1-4,10,13-14H,5-8,12H2. The molecule has 0 spiro atoms. The van der Waals surface area contributed by atoms with Crippen LogP contribution in [0.15, 0.2) is 24.3 Å². The molecule has 0 aliphatic rings. The summed E-state index contributed by atoms with van der Waals surface area (Å²) in [5.41, 5.74) is 6.22. The fraction of sp³-hybridized carbons (Fsp3) is 0.455. The van der Waals surface area contributed by atoms with E-state index in [4.69, 9.17) is 15.6 Å². The Morgan fingerprint density at radius 3 is 2.62 bits per heavy atom. The molecule has 0 amide bonds. The smallest absolute Gasteiger partial charge is 0.119 e. The van der Waals surface area contributed by atoms with Gasteiger partial charge in [-0.1, -0.05) is 0 Å². The van der Waals surface area contributed by atoms with Crippen molar-refractivity contribution < 1.29 is 14.9 Å². The predicted octanol–water partition coefficient (Wildman–Crippen LogP) is 0.734. The van der Waals surface area contributed by atoms with Gasteiger partial charge in [0, 0.05) is 17.2 Å². The number of aliphatic hydroxyl groups is 2. The zero-order valence-electron chi connectivity index (χ0n) is 9.00. The van der Waals surface area contributed by atoms with Crippen LogP contribution in [-0.4, -0.2) is 41.0 Å².